The first-order valence-corrected chi connectivity index (χ1v) is 9.41. The predicted molar refractivity (Wildman–Crippen MR) is 104 cm³/mol. The zero-order valence-corrected chi connectivity index (χ0v) is 15.9. The third-order valence-electron chi connectivity index (χ3n) is 5.16. The van der Waals surface area contributed by atoms with Gasteiger partial charge in [0.2, 0.25) is 0 Å². The predicted octanol–water partition coefficient (Wildman–Crippen LogP) is 2.27. The Bertz CT molecular complexity index is 953. The average molecular weight is 367 g/mol. The number of hydrogen-bond donors (Lipinski definition) is 0. The van der Waals surface area contributed by atoms with Crippen LogP contribution < -0.4 is 0 Å². The van der Waals surface area contributed by atoms with Gasteiger partial charge in [0.1, 0.15) is 11.3 Å². The molecule has 1 saturated heterocycles. The summed E-state index contributed by atoms with van der Waals surface area (Å²) in [6, 6.07) is 5.88. The van der Waals surface area contributed by atoms with Crippen molar-refractivity contribution in [2.75, 3.05) is 32.8 Å². The summed E-state index contributed by atoms with van der Waals surface area (Å²) < 4.78 is 9.15. The van der Waals surface area contributed by atoms with Gasteiger partial charge in [-0.3, -0.25) is 14.4 Å². The maximum Gasteiger partial charge on any atom is 0.183 e. The van der Waals surface area contributed by atoms with Gasteiger partial charge < -0.3 is 9.30 Å². The number of carbonyl (C=O) groups excluding carboxylic acids is 1. The third-order valence-corrected chi connectivity index (χ3v) is 5.16. The zero-order valence-electron chi connectivity index (χ0n) is 15.9. The molecule has 7 nitrogen and oxygen atoms in total. The van der Waals surface area contributed by atoms with Gasteiger partial charge in [0.25, 0.3) is 0 Å². The quantitative estimate of drug-likeness (QED) is 0.626. The number of carbonyl (C=O) groups is 1. The van der Waals surface area contributed by atoms with Crippen molar-refractivity contribution < 1.29 is 9.53 Å². The number of morpholine rings is 1. The van der Waals surface area contributed by atoms with Crippen LogP contribution in [0.25, 0.3) is 22.3 Å². The topological polar surface area (TPSA) is 65.2 Å². The molecule has 27 heavy (non-hydrogen) atoms. The molecular formula is C20H25N5O2. The number of fused-ring (bicyclic) bond motifs is 1. The Morgan fingerprint density at radius 3 is 2.89 bits per heavy atom. The lowest BCUT2D eigenvalue weighted by Crippen LogP contribution is -2.36. The number of aromatic nitrogens is 4. The van der Waals surface area contributed by atoms with Crippen molar-refractivity contribution in [1.29, 1.82) is 0 Å². The summed E-state index contributed by atoms with van der Waals surface area (Å²) in [5, 5.41) is 5.54. The molecule has 1 aliphatic rings. The highest BCUT2D eigenvalue weighted by atomic mass is 16.5. The Labute approximate surface area is 158 Å². The molecule has 0 N–H and O–H groups in total. The van der Waals surface area contributed by atoms with E-state index in [0.717, 1.165) is 61.6 Å². The molecule has 0 amide bonds. The maximum atomic E-state index is 12.6. The molecule has 0 radical (unpaired) electrons. The van der Waals surface area contributed by atoms with Crippen LogP contribution in [-0.4, -0.2) is 62.9 Å². The number of aryl methyl sites for hydroxylation is 2. The molecule has 142 valence electrons. The van der Waals surface area contributed by atoms with E-state index in [1.165, 1.54) is 0 Å². The van der Waals surface area contributed by atoms with Crippen molar-refractivity contribution in [2.45, 2.75) is 12.8 Å². The Morgan fingerprint density at radius 1 is 1.26 bits per heavy atom. The Kier molecular flexibility index (Phi) is 5.05. The normalized spacial score (nSPS) is 15.5. The van der Waals surface area contributed by atoms with Gasteiger partial charge >= 0.3 is 0 Å². The number of ether oxygens (including phenoxy) is 1. The highest BCUT2D eigenvalue weighted by molar-refractivity contribution is 5.98. The highest BCUT2D eigenvalue weighted by Gasteiger charge is 2.18. The largest absolute Gasteiger partial charge is 0.379 e. The minimum atomic E-state index is 0.100. The van der Waals surface area contributed by atoms with Gasteiger partial charge in [0, 0.05) is 56.9 Å². The SMILES string of the molecule is Cn1nc(C(=O)CCCN2CCOCC2)cc1-c1cn(C)c2ncccc12. The minimum Gasteiger partial charge on any atom is -0.379 e. The van der Waals surface area contributed by atoms with Crippen LogP contribution in [0.5, 0.6) is 0 Å². The number of nitrogens with zero attached hydrogens (tertiary/aromatic N) is 5. The molecule has 1 aliphatic heterocycles. The van der Waals surface area contributed by atoms with Crippen molar-refractivity contribution in [3.05, 3.63) is 36.3 Å². The monoisotopic (exact) mass is 367 g/mol. The van der Waals surface area contributed by atoms with E-state index in [4.69, 9.17) is 4.74 Å². The number of hydrogen-bond acceptors (Lipinski definition) is 5. The Hall–Kier alpha value is -2.51. The van der Waals surface area contributed by atoms with E-state index in [0.29, 0.717) is 12.1 Å². The first-order valence-electron chi connectivity index (χ1n) is 9.41. The van der Waals surface area contributed by atoms with E-state index in [-0.39, 0.29) is 5.78 Å². The molecule has 0 atom stereocenters. The lowest BCUT2D eigenvalue weighted by Gasteiger charge is -2.26. The van der Waals surface area contributed by atoms with Crippen LogP contribution >= 0.6 is 0 Å². The summed E-state index contributed by atoms with van der Waals surface area (Å²) in [7, 11) is 3.86. The van der Waals surface area contributed by atoms with Crippen LogP contribution in [-0.2, 0) is 18.8 Å². The van der Waals surface area contributed by atoms with Gasteiger partial charge in [0.05, 0.1) is 18.9 Å². The smallest absolute Gasteiger partial charge is 0.183 e. The number of Topliss-reactive ketones (excluding diaryl/α,β-unsaturated/α-hetero) is 1. The molecule has 4 rings (SSSR count). The molecule has 4 heterocycles. The van der Waals surface area contributed by atoms with E-state index in [9.17, 15) is 4.79 Å². The average Bonchev–Trinajstić information content (AvgIpc) is 3.23. The lowest BCUT2D eigenvalue weighted by molar-refractivity contribution is 0.0371. The summed E-state index contributed by atoms with van der Waals surface area (Å²) in [5.74, 6) is 0.100. The summed E-state index contributed by atoms with van der Waals surface area (Å²) in [5.41, 5.74) is 3.44. The second-order valence-electron chi connectivity index (χ2n) is 7.05. The summed E-state index contributed by atoms with van der Waals surface area (Å²) in [6.07, 6.45) is 5.20. The second-order valence-corrected chi connectivity index (χ2v) is 7.05. The van der Waals surface area contributed by atoms with Crippen molar-refractivity contribution in [3.63, 3.8) is 0 Å². The molecule has 0 aliphatic carbocycles. The molecule has 3 aromatic rings. The molecule has 0 bridgehead atoms. The number of ketones is 1. The van der Waals surface area contributed by atoms with E-state index >= 15 is 0 Å². The highest BCUT2D eigenvalue weighted by Crippen LogP contribution is 2.29. The Balaban J connectivity index is 1.48. The van der Waals surface area contributed by atoms with Crippen molar-refractivity contribution in [2.24, 2.45) is 14.1 Å². The molecule has 0 aromatic carbocycles. The molecule has 0 saturated carbocycles. The first-order chi connectivity index (χ1) is 13.1. The van der Waals surface area contributed by atoms with E-state index in [1.54, 1.807) is 10.9 Å². The van der Waals surface area contributed by atoms with Crippen LogP contribution in [0.15, 0.2) is 30.6 Å². The molecule has 1 fully saturated rings. The minimum absolute atomic E-state index is 0.100. The van der Waals surface area contributed by atoms with Crippen LogP contribution in [0, 0.1) is 0 Å². The fourth-order valence-electron chi connectivity index (χ4n) is 3.69. The molecule has 0 unspecified atom stereocenters. The fourth-order valence-corrected chi connectivity index (χ4v) is 3.69. The van der Waals surface area contributed by atoms with Crippen molar-refractivity contribution in [3.8, 4) is 11.3 Å². The van der Waals surface area contributed by atoms with Gasteiger partial charge in [0.15, 0.2) is 5.78 Å². The van der Waals surface area contributed by atoms with Crippen LogP contribution in [0.4, 0.5) is 0 Å². The van der Waals surface area contributed by atoms with Gasteiger partial charge in [-0.1, -0.05) is 0 Å². The van der Waals surface area contributed by atoms with Crippen molar-refractivity contribution >= 4 is 16.8 Å². The van der Waals surface area contributed by atoms with Crippen molar-refractivity contribution in [1.82, 2.24) is 24.2 Å². The van der Waals surface area contributed by atoms with Crippen LogP contribution in [0.3, 0.4) is 0 Å². The molecule has 3 aromatic heterocycles. The van der Waals surface area contributed by atoms with Gasteiger partial charge in [-0.15, -0.1) is 0 Å². The standard InChI is InChI=1S/C20H25N5O2/c1-23-14-16(15-5-3-7-21-20(15)23)18-13-17(22-24(18)2)19(26)6-4-8-25-9-11-27-12-10-25/h3,5,7,13-14H,4,6,8-12H2,1-2H3. The van der Waals surface area contributed by atoms with Gasteiger partial charge in [-0.05, 0) is 31.2 Å². The summed E-state index contributed by atoms with van der Waals surface area (Å²) in [6.45, 7) is 4.42. The Morgan fingerprint density at radius 2 is 2.07 bits per heavy atom. The summed E-state index contributed by atoms with van der Waals surface area (Å²) in [4.78, 5) is 19.4. The summed E-state index contributed by atoms with van der Waals surface area (Å²) >= 11 is 0. The van der Waals surface area contributed by atoms with Crippen LogP contribution in [0.2, 0.25) is 0 Å². The molecule has 7 heteroatoms. The fraction of sp³-hybridized carbons (Fsp3) is 0.450. The van der Waals surface area contributed by atoms with Crippen LogP contribution in [0.1, 0.15) is 23.3 Å². The van der Waals surface area contributed by atoms with Gasteiger partial charge in [-0.2, -0.15) is 5.10 Å². The number of rotatable bonds is 6. The molecule has 0 spiro atoms. The third kappa shape index (κ3) is 3.65. The van der Waals surface area contributed by atoms with Gasteiger partial charge in [-0.25, -0.2) is 4.98 Å². The second kappa shape index (κ2) is 7.62. The first kappa shape index (κ1) is 17.9. The van der Waals surface area contributed by atoms with E-state index in [1.807, 2.05) is 37.0 Å². The number of pyridine rings is 1. The lowest BCUT2D eigenvalue weighted by atomic mass is 10.1. The molecular weight excluding hydrogens is 342 g/mol. The maximum absolute atomic E-state index is 12.6. The van der Waals surface area contributed by atoms with E-state index < -0.39 is 0 Å². The van der Waals surface area contributed by atoms with E-state index in [2.05, 4.69) is 21.0 Å². The zero-order chi connectivity index (χ0) is 18.8.